The lowest BCUT2D eigenvalue weighted by Gasteiger charge is -2.19. The Morgan fingerprint density at radius 1 is 1.27 bits per heavy atom. The van der Waals surface area contributed by atoms with Gasteiger partial charge in [0.25, 0.3) is 0 Å². The number of amides is 1. The number of nitrogens with one attached hydrogen (secondary N) is 1. The first-order valence-corrected chi connectivity index (χ1v) is 7.10. The summed E-state index contributed by atoms with van der Waals surface area (Å²) in [5, 5.41) is 6.82. The SMILES string of the molecule is COc1ccc(-c2noc(C(C)NC(=O)C(C)(C)C)n2)cc1. The summed E-state index contributed by atoms with van der Waals surface area (Å²) < 4.78 is 10.4. The van der Waals surface area contributed by atoms with Crippen molar-refractivity contribution in [1.82, 2.24) is 15.5 Å². The van der Waals surface area contributed by atoms with Crippen LogP contribution >= 0.6 is 0 Å². The predicted molar refractivity (Wildman–Crippen MR) is 82.3 cm³/mol. The van der Waals surface area contributed by atoms with Gasteiger partial charge >= 0.3 is 0 Å². The quantitative estimate of drug-likeness (QED) is 0.939. The van der Waals surface area contributed by atoms with Gasteiger partial charge in [0.2, 0.25) is 17.6 Å². The lowest BCUT2D eigenvalue weighted by molar-refractivity contribution is -0.129. The molecule has 1 atom stereocenters. The molecule has 0 aliphatic rings. The molecule has 0 saturated carbocycles. The Bertz CT molecular complexity index is 641. The molecule has 1 unspecified atom stereocenters. The molecule has 0 aliphatic carbocycles. The zero-order valence-corrected chi connectivity index (χ0v) is 13.5. The molecule has 0 spiro atoms. The highest BCUT2D eigenvalue weighted by Gasteiger charge is 2.25. The summed E-state index contributed by atoms with van der Waals surface area (Å²) in [4.78, 5) is 16.3. The summed E-state index contributed by atoms with van der Waals surface area (Å²) in [6, 6.07) is 7.02. The number of benzene rings is 1. The second kappa shape index (κ2) is 6.17. The predicted octanol–water partition coefficient (Wildman–Crippen LogP) is 2.97. The molecule has 0 radical (unpaired) electrons. The number of hydrogen-bond acceptors (Lipinski definition) is 5. The van der Waals surface area contributed by atoms with Crippen LogP contribution in [0.5, 0.6) is 5.75 Å². The molecule has 0 bridgehead atoms. The summed E-state index contributed by atoms with van der Waals surface area (Å²) in [6.07, 6.45) is 0. The van der Waals surface area contributed by atoms with Crippen LogP contribution in [0.1, 0.15) is 39.6 Å². The average molecular weight is 303 g/mol. The summed E-state index contributed by atoms with van der Waals surface area (Å²) >= 11 is 0. The average Bonchev–Trinajstić information content (AvgIpc) is 2.96. The van der Waals surface area contributed by atoms with Crippen LogP contribution in [0.15, 0.2) is 28.8 Å². The van der Waals surface area contributed by atoms with Crippen LogP contribution in [0, 0.1) is 5.41 Å². The minimum Gasteiger partial charge on any atom is -0.497 e. The number of ether oxygens (including phenoxy) is 1. The van der Waals surface area contributed by atoms with Gasteiger partial charge in [0.05, 0.1) is 7.11 Å². The van der Waals surface area contributed by atoms with E-state index in [1.807, 2.05) is 52.0 Å². The molecular weight excluding hydrogens is 282 g/mol. The fraction of sp³-hybridized carbons (Fsp3) is 0.438. The van der Waals surface area contributed by atoms with Crippen molar-refractivity contribution in [2.24, 2.45) is 5.41 Å². The number of rotatable bonds is 4. The molecule has 22 heavy (non-hydrogen) atoms. The number of aromatic nitrogens is 2. The Kier molecular flexibility index (Phi) is 4.49. The highest BCUT2D eigenvalue weighted by atomic mass is 16.5. The maximum absolute atomic E-state index is 12.0. The van der Waals surface area contributed by atoms with Gasteiger partial charge in [-0.15, -0.1) is 0 Å². The highest BCUT2D eigenvalue weighted by Crippen LogP contribution is 2.22. The molecular formula is C16H21N3O3. The van der Waals surface area contributed by atoms with Crippen LogP contribution in [0.25, 0.3) is 11.4 Å². The van der Waals surface area contributed by atoms with E-state index in [4.69, 9.17) is 9.26 Å². The Hall–Kier alpha value is -2.37. The van der Waals surface area contributed by atoms with E-state index in [-0.39, 0.29) is 11.9 Å². The maximum atomic E-state index is 12.0. The summed E-state index contributed by atoms with van der Waals surface area (Å²) in [5.41, 5.74) is 0.359. The molecule has 2 rings (SSSR count). The third kappa shape index (κ3) is 3.63. The molecule has 1 amide bonds. The highest BCUT2D eigenvalue weighted by molar-refractivity contribution is 5.81. The molecule has 6 nitrogen and oxygen atoms in total. The van der Waals surface area contributed by atoms with E-state index < -0.39 is 5.41 Å². The van der Waals surface area contributed by atoms with Gasteiger partial charge in [-0.25, -0.2) is 0 Å². The molecule has 0 saturated heterocycles. The van der Waals surface area contributed by atoms with Gasteiger partial charge in [0.1, 0.15) is 11.8 Å². The monoisotopic (exact) mass is 303 g/mol. The van der Waals surface area contributed by atoms with E-state index >= 15 is 0 Å². The van der Waals surface area contributed by atoms with E-state index in [2.05, 4.69) is 15.5 Å². The second-order valence-electron chi connectivity index (χ2n) is 6.13. The van der Waals surface area contributed by atoms with Crippen LogP contribution in [0.3, 0.4) is 0 Å². The number of nitrogens with zero attached hydrogens (tertiary/aromatic N) is 2. The molecule has 0 aliphatic heterocycles. The van der Waals surface area contributed by atoms with E-state index in [1.54, 1.807) is 7.11 Å². The number of methoxy groups -OCH3 is 1. The molecule has 6 heteroatoms. The number of hydrogen-bond donors (Lipinski definition) is 1. The zero-order chi connectivity index (χ0) is 16.3. The molecule has 2 aromatic rings. The number of carbonyl (C=O) groups excluding carboxylic acids is 1. The van der Waals surface area contributed by atoms with Crippen molar-refractivity contribution < 1.29 is 14.1 Å². The third-order valence-corrected chi connectivity index (χ3v) is 3.19. The Morgan fingerprint density at radius 2 is 1.91 bits per heavy atom. The van der Waals surface area contributed by atoms with Crippen LogP contribution in [0.4, 0.5) is 0 Å². The third-order valence-electron chi connectivity index (χ3n) is 3.19. The maximum Gasteiger partial charge on any atom is 0.249 e. The van der Waals surface area contributed by atoms with Gasteiger partial charge in [-0.1, -0.05) is 25.9 Å². The standard InChI is InChI=1S/C16H21N3O3/c1-10(17-15(20)16(2,3)4)14-18-13(19-22-14)11-6-8-12(21-5)9-7-11/h6-10H,1-5H3,(H,17,20). The molecule has 1 aromatic carbocycles. The zero-order valence-electron chi connectivity index (χ0n) is 13.5. The van der Waals surface area contributed by atoms with E-state index in [0.29, 0.717) is 11.7 Å². The van der Waals surface area contributed by atoms with Gasteiger partial charge in [-0.2, -0.15) is 4.98 Å². The summed E-state index contributed by atoms with van der Waals surface area (Å²) in [5.74, 6) is 1.56. The largest absolute Gasteiger partial charge is 0.497 e. The summed E-state index contributed by atoms with van der Waals surface area (Å²) in [7, 11) is 1.61. The van der Waals surface area contributed by atoms with Crippen LogP contribution in [0.2, 0.25) is 0 Å². The first kappa shape index (κ1) is 16.0. The van der Waals surface area contributed by atoms with E-state index in [9.17, 15) is 4.79 Å². The van der Waals surface area contributed by atoms with Crippen LogP contribution < -0.4 is 10.1 Å². The van der Waals surface area contributed by atoms with Crippen molar-refractivity contribution >= 4 is 5.91 Å². The number of carbonyl (C=O) groups is 1. The second-order valence-corrected chi connectivity index (χ2v) is 6.13. The van der Waals surface area contributed by atoms with Crippen molar-refractivity contribution in [3.63, 3.8) is 0 Å². The lowest BCUT2D eigenvalue weighted by Crippen LogP contribution is -2.36. The van der Waals surface area contributed by atoms with Gasteiger partial charge < -0.3 is 14.6 Å². The topological polar surface area (TPSA) is 77.3 Å². The van der Waals surface area contributed by atoms with E-state index in [1.165, 1.54) is 0 Å². The lowest BCUT2D eigenvalue weighted by atomic mass is 9.95. The molecule has 1 N–H and O–H groups in total. The molecule has 1 aromatic heterocycles. The smallest absolute Gasteiger partial charge is 0.249 e. The van der Waals surface area contributed by atoms with Crippen molar-refractivity contribution in [1.29, 1.82) is 0 Å². The molecule has 118 valence electrons. The molecule has 1 heterocycles. The fourth-order valence-electron chi connectivity index (χ4n) is 1.74. The molecule has 0 fully saturated rings. The van der Waals surface area contributed by atoms with Gasteiger partial charge in [-0.3, -0.25) is 4.79 Å². The Labute approximate surface area is 129 Å². The van der Waals surface area contributed by atoms with Crippen LogP contribution in [-0.2, 0) is 4.79 Å². The first-order chi connectivity index (χ1) is 10.3. The van der Waals surface area contributed by atoms with Crippen molar-refractivity contribution in [3.05, 3.63) is 30.2 Å². The van der Waals surface area contributed by atoms with Crippen molar-refractivity contribution in [3.8, 4) is 17.1 Å². The first-order valence-electron chi connectivity index (χ1n) is 7.10. The fourth-order valence-corrected chi connectivity index (χ4v) is 1.74. The van der Waals surface area contributed by atoms with Gasteiger partial charge in [0.15, 0.2) is 0 Å². The van der Waals surface area contributed by atoms with Crippen molar-refractivity contribution in [2.75, 3.05) is 7.11 Å². The van der Waals surface area contributed by atoms with Crippen LogP contribution in [-0.4, -0.2) is 23.2 Å². The van der Waals surface area contributed by atoms with Crippen molar-refractivity contribution in [2.45, 2.75) is 33.7 Å². The minimum atomic E-state index is -0.465. The Balaban J connectivity index is 2.11. The van der Waals surface area contributed by atoms with E-state index in [0.717, 1.165) is 11.3 Å². The Morgan fingerprint density at radius 3 is 2.45 bits per heavy atom. The normalized spacial score (nSPS) is 12.8. The summed E-state index contributed by atoms with van der Waals surface area (Å²) in [6.45, 7) is 7.37. The van der Waals surface area contributed by atoms with Gasteiger partial charge in [0, 0.05) is 11.0 Å². The van der Waals surface area contributed by atoms with Gasteiger partial charge in [-0.05, 0) is 31.2 Å². The minimum absolute atomic E-state index is 0.0656.